The molecule has 0 fully saturated rings. The van der Waals surface area contributed by atoms with Gasteiger partial charge in [0.1, 0.15) is 17.0 Å². The van der Waals surface area contributed by atoms with Gasteiger partial charge >= 0.3 is 0 Å². The molecule has 2 N–H and O–H groups in total. The monoisotopic (exact) mass is 294 g/mol. The molecule has 0 atom stereocenters. The minimum atomic E-state index is 0.139. The fraction of sp³-hybridized carbons (Fsp3) is 0.571. The van der Waals surface area contributed by atoms with Crippen LogP contribution in [0.25, 0.3) is 0 Å². The van der Waals surface area contributed by atoms with Gasteiger partial charge in [-0.3, -0.25) is 4.90 Å². The molecular formula is C14H19ClN4O. The zero-order valence-corrected chi connectivity index (χ0v) is 12.4. The lowest BCUT2D eigenvalue weighted by Gasteiger charge is -2.29. The second kappa shape index (κ2) is 6.89. The summed E-state index contributed by atoms with van der Waals surface area (Å²) in [6, 6.07) is 2.17. The Morgan fingerprint density at radius 1 is 1.50 bits per heavy atom. The Hall–Kier alpha value is -1.35. The molecule has 6 heteroatoms. The van der Waals surface area contributed by atoms with Crippen LogP contribution in [0.5, 0.6) is 0 Å². The lowest BCUT2D eigenvalue weighted by Crippen LogP contribution is -2.32. The van der Waals surface area contributed by atoms with Gasteiger partial charge in [-0.1, -0.05) is 18.5 Å². The van der Waals surface area contributed by atoms with E-state index in [9.17, 15) is 5.26 Å². The number of hydrogen-bond donors (Lipinski definition) is 2. The van der Waals surface area contributed by atoms with Crippen molar-refractivity contribution < 1.29 is 5.11 Å². The van der Waals surface area contributed by atoms with Gasteiger partial charge in [0.15, 0.2) is 0 Å². The highest BCUT2D eigenvalue weighted by atomic mass is 35.5. The molecule has 1 aromatic rings. The Bertz CT molecular complexity index is 527. The summed E-state index contributed by atoms with van der Waals surface area (Å²) in [7, 11) is 0. The fourth-order valence-electron chi connectivity index (χ4n) is 2.47. The normalized spacial score (nSPS) is 14.7. The van der Waals surface area contributed by atoms with Crippen molar-refractivity contribution in [2.24, 2.45) is 0 Å². The number of hydrogen-bond acceptors (Lipinski definition) is 5. The molecule has 0 unspecified atom stereocenters. The molecule has 1 aliphatic heterocycles. The maximum Gasteiger partial charge on any atom is 0.149 e. The van der Waals surface area contributed by atoms with Crippen LogP contribution in [0.1, 0.15) is 30.0 Å². The third-order valence-electron chi connectivity index (χ3n) is 3.61. The zero-order chi connectivity index (χ0) is 14.5. The molecule has 2 heterocycles. The highest BCUT2D eigenvalue weighted by Crippen LogP contribution is 2.31. The zero-order valence-electron chi connectivity index (χ0n) is 11.6. The molecular weight excluding hydrogens is 276 g/mol. The number of aromatic nitrogens is 1. The van der Waals surface area contributed by atoms with Crippen LogP contribution in [-0.2, 0) is 13.0 Å². The maximum absolute atomic E-state index is 9.26. The third-order valence-corrected chi connectivity index (χ3v) is 3.89. The highest BCUT2D eigenvalue weighted by Gasteiger charge is 2.24. The number of nitrogens with one attached hydrogen (secondary N) is 1. The lowest BCUT2D eigenvalue weighted by molar-refractivity contribution is 0.268. The number of rotatable bonds is 5. The number of aliphatic hydroxyl groups is 1. The summed E-state index contributed by atoms with van der Waals surface area (Å²) in [5, 5.41) is 21.6. The first-order chi connectivity index (χ1) is 9.71. The summed E-state index contributed by atoms with van der Waals surface area (Å²) in [6.45, 7) is 5.60. The third kappa shape index (κ3) is 3.04. The number of aliphatic hydroxyl groups excluding tert-OH is 1. The van der Waals surface area contributed by atoms with E-state index < -0.39 is 0 Å². The summed E-state index contributed by atoms with van der Waals surface area (Å²) < 4.78 is 0. The summed E-state index contributed by atoms with van der Waals surface area (Å²) in [4.78, 5) is 6.64. The summed E-state index contributed by atoms with van der Waals surface area (Å²) in [5.41, 5.74) is 2.59. The number of nitrogens with zero attached hydrogens (tertiary/aromatic N) is 3. The lowest BCUT2D eigenvalue weighted by atomic mass is 9.96. The van der Waals surface area contributed by atoms with Crippen molar-refractivity contribution in [3.05, 3.63) is 21.8 Å². The quantitative estimate of drug-likeness (QED) is 0.640. The molecule has 1 aromatic heterocycles. The molecule has 1 aliphatic rings. The van der Waals surface area contributed by atoms with Crippen LogP contribution in [0, 0.1) is 11.3 Å². The van der Waals surface area contributed by atoms with Gasteiger partial charge in [-0.2, -0.15) is 5.26 Å². The van der Waals surface area contributed by atoms with Crippen molar-refractivity contribution >= 4 is 17.4 Å². The Kier molecular flexibility index (Phi) is 5.18. The summed E-state index contributed by atoms with van der Waals surface area (Å²) in [6.07, 6.45) is 1.48. The van der Waals surface area contributed by atoms with Gasteiger partial charge in [-0.15, -0.1) is 0 Å². The molecule has 2 rings (SSSR count). The van der Waals surface area contributed by atoms with Crippen LogP contribution in [0.15, 0.2) is 0 Å². The van der Waals surface area contributed by atoms with Gasteiger partial charge < -0.3 is 10.4 Å². The average Bonchev–Trinajstić information content (AvgIpc) is 2.47. The van der Waals surface area contributed by atoms with Crippen LogP contribution >= 0.6 is 11.6 Å². The first-order valence-electron chi connectivity index (χ1n) is 6.89. The van der Waals surface area contributed by atoms with Crippen molar-refractivity contribution in [1.82, 2.24) is 9.88 Å². The average molecular weight is 295 g/mol. The first-order valence-corrected chi connectivity index (χ1v) is 7.27. The van der Waals surface area contributed by atoms with E-state index in [0.29, 0.717) is 18.5 Å². The van der Waals surface area contributed by atoms with E-state index >= 15 is 0 Å². The van der Waals surface area contributed by atoms with Crippen molar-refractivity contribution in [2.45, 2.75) is 26.3 Å². The van der Waals surface area contributed by atoms with E-state index in [2.05, 4.69) is 28.2 Å². The molecule has 0 saturated heterocycles. The Morgan fingerprint density at radius 3 is 2.95 bits per heavy atom. The predicted octanol–water partition coefficient (Wildman–Crippen LogP) is 1.78. The molecule has 20 heavy (non-hydrogen) atoms. The van der Waals surface area contributed by atoms with Crippen LogP contribution in [0.3, 0.4) is 0 Å². The second-order valence-corrected chi connectivity index (χ2v) is 5.18. The Labute approximate surface area is 124 Å². The number of anilines is 1. The van der Waals surface area contributed by atoms with Crippen molar-refractivity contribution in [3.63, 3.8) is 0 Å². The summed E-state index contributed by atoms with van der Waals surface area (Å²) >= 11 is 6.11. The molecule has 0 amide bonds. The van der Waals surface area contributed by atoms with Crippen molar-refractivity contribution in [3.8, 4) is 6.07 Å². The Balaban J connectivity index is 2.37. The number of fused-ring (bicyclic) bond motifs is 1. The van der Waals surface area contributed by atoms with Crippen LogP contribution in [0.4, 0.5) is 5.82 Å². The first kappa shape index (κ1) is 15.0. The van der Waals surface area contributed by atoms with Gasteiger partial charge in [0, 0.05) is 31.8 Å². The number of halogens is 1. The van der Waals surface area contributed by atoms with Crippen LogP contribution in [-0.4, -0.2) is 41.2 Å². The van der Waals surface area contributed by atoms with Gasteiger partial charge in [0.25, 0.3) is 0 Å². The number of likely N-dealkylation sites (N-methyl/N-ethyl adjacent to an activating group) is 1. The van der Waals surface area contributed by atoms with E-state index in [4.69, 9.17) is 16.7 Å². The molecule has 108 valence electrons. The van der Waals surface area contributed by atoms with Gasteiger partial charge in [0.2, 0.25) is 0 Å². The van der Waals surface area contributed by atoms with Gasteiger partial charge in [-0.05, 0) is 24.9 Å². The molecule has 0 aliphatic carbocycles. The summed E-state index contributed by atoms with van der Waals surface area (Å²) in [5.74, 6) is 0.746. The minimum Gasteiger partial charge on any atom is -0.396 e. The number of nitriles is 1. The molecule has 0 saturated carbocycles. The van der Waals surface area contributed by atoms with E-state index in [1.165, 1.54) is 0 Å². The van der Waals surface area contributed by atoms with E-state index in [1.807, 2.05) is 0 Å². The van der Waals surface area contributed by atoms with Crippen LogP contribution < -0.4 is 5.32 Å². The predicted molar refractivity (Wildman–Crippen MR) is 78.8 cm³/mol. The van der Waals surface area contributed by atoms with E-state index in [1.54, 1.807) is 0 Å². The minimum absolute atomic E-state index is 0.139. The van der Waals surface area contributed by atoms with Gasteiger partial charge in [-0.25, -0.2) is 4.98 Å². The maximum atomic E-state index is 9.26. The molecule has 5 nitrogen and oxygen atoms in total. The SMILES string of the molecule is CCN1CCc2c(C#N)c(Cl)nc(NCCCO)c2C1. The number of pyridine rings is 1. The molecule has 0 radical (unpaired) electrons. The second-order valence-electron chi connectivity index (χ2n) is 4.82. The Morgan fingerprint density at radius 2 is 2.30 bits per heavy atom. The van der Waals surface area contributed by atoms with E-state index in [-0.39, 0.29) is 11.8 Å². The van der Waals surface area contributed by atoms with Crippen molar-refractivity contribution in [2.75, 3.05) is 31.6 Å². The smallest absolute Gasteiger partial charge is 0.149 e. The van der Waals surface area contributed by atoms with Crippen LogP contribution in [0.2, 0.25) is 5.15 Å². The molecule has 0 spiro atoms. The highest BCUT2D eigenvalue weighted by molar-refractivity contribution is 6.30. The molecule has 0 aromatic carbocycles. The standard InChI is InChI=1S/C14H19ClN4O/c1-2-19-6-4-10-11(8-16)13(15)18-14(12(10)9-19)17-5-3-7-20/h20H,2-7,9H2,1H3,(H,17,18). The van der Waals surface area contributed by atoms with Gasteiger partial charge in [0.05, 0.1) is 5.56 Å². The van der Waals surface area contributed by atoms with Crippen molar-refractivity contribution in [1.29, 1.82) is 5.26 Å². The molecule has 0 bridgehead atoms. The van der Waals surface area contributed by atoms with E-state index in [0.717, 1.165) is 43.0 Å². The topological polar surface area (TPSA) is 72.2 Å². The fourth-order valence-corrected chi connectivity index (χ4v) is 2.72. The largest absolute Gasteiger partial charge is 0.396 e.